The predicted octanol–water partition coefficient (Wildman–Crippen LogP) is 4.44. The third-order valence-corrected chi connectivity index (χ3v) is 6.08. The van der Waals surface area contributed by atoms with E-state index >= 15 is 0 Å². The lowest BCUT2D eigenvalue weighted by Gasteiger charge is -2.26. The molecule has 0 atom stereocenters. The van der Waals surface area contributed by atoms with E-state index in [0.29, 0.717) is 34.6 Å². The molecule has 4 heterocycles. The number of fused-ring (bicyclic) bond motifs is 2. The molecule has 6 rings (SSSR count). The van der Waals surface area contributed by atoms with Gasteiger partial charge >= 0.3 is 6.18 Å². The van der Waals surface area contributed by atoms with Crippen LogP contribution in [0.5, 0.6) is 5.75 Å². The molecular formula is C25H19F3N4O5. The van der Waals surface area contributed by atoms with Gasteiger partial charge in [-0.05, 0) is 17.7 Å². The lowest BCUT2D eigenvalue weighted by atomic mass is 10.1. The van der Waals surface area contributed by atoms with Crippen molar-refractivity contribution in [2.24, 2.45) is 0 Å². The Morgan fingerprint density at radius 2 is 1.89 bits per heavy atom. The minimum absolute atomic E-state index is 0.0955. The van der Waals surface area contributed by atoms with Crippen LogP contribution in [0.25, 0.3) is 39.3 Å². The Morgan fingerprint density at radius 1 is 1.11 bits per heavy atom. The van der Waals surface area contributed by atoms with Gasteiger partial charge in [-0.1, -0.05) is 36.4 Å². The number of hydrogen-bond acceptors (Lipinski definition) is 7. The summed E-state index contributed by atoms with van der Waals surface area (Å²) in [7, 11) is 1.47. The molecule has 2 aromatic carbocycles. The normalized spacial score (nSPS) is 14.4. The fourth-order valence-electron chi connectivity index (χ4n) is 4.23. The number of ether oxygens (including phenoxy) is 3. The molecule has 0 radical (unpaired) electrons. The number of benzene rings is 2. The molecule has 1 saturated heterocycles. The van der Waals surface area contributed by atoms with Gasteiger partial charge in [-0.15, -0.1) is 0 Å². The summed E-state index contributed by atoms with van der Waals surface area (Å²) in [5.74, 6) is 0.315. The van der Waals surface area contributed by atoms with Gasteiger partial charge in [0.1, 0.15) is 23.1 Å². The van der Waals surface area contributed by atoms with Gasteiger partial charge in [0.15, 0.2) is 16.8 Å². The molecule has 1 aliphatic heterocycles. The van der Waals surface area contributed by atoms with Crippen LogP contribution in [0.3, 0.4) is 0 Å². The fraction of sp³-hybridized carbons (Fsp3) is 0.240. The van der Waals surface area contributed by atoms with Crippen LogP contribution in [-0.2, 0) is 22.3 Å². The molecule has 0 saturated carbocycles. The van der Waals surface area contributed by atoms with Crippen molar-refractivity contribution in [2.45, 2.75) is 18.9 Å². The molecule has 5 aromatic rings. The minimum Gasteiger partial charge on any atom is -0.494 e. The van der Waals surface area contributed by atoms with Crippen LogP contribution < -0.4 is 10.3 Å². The third-order valence-electron chi connectivity index (χ3n) is 6.08. The molecule has 0 aliphatic carbocycles. The van der Waals surface area contributed by atoms with Crippen LogP contribution in [0.15, 0.2) is 57.7 Å². The first-order valence-electron chi connectivity index (χ1n) is 11.3. The zero-order valence-corrected chi connectivity index (χ0v) is 19.3. The Labute approximate surface area is 206 Å². The van der Waals surface area contributed by atoms with Crippen molar-refractivity contribution in [3.63, 3.8) is 0 Å². The summed E-state index contributed by atoms with van der Waals surface area (Å²) in [4.78, 5) is 21.1. The van der Waals surface area contributed by atoms with Crippen LogP contribution in [0.1, 0.15) is 11.4 Å². The van der Waals surface area contributed by atoms with Crippen molar-refractivity contribution in [1.29, 1.82) is 0 Å². The number of para-hydroxylation sites is 1. The highest BCUT2D eigenvalue weighted by Crippen LogP contribution is 2.39. The van der Waals surface area contributed by atoms with E-state index < -0.39 is 17.4 Å². The maximum atomic E-state index is 14.1. The van der Waals surface area contributed by atoms with Crippen LogP contribution in [0.4, 0.5) is 13.2 Å². The van der Waals surface area contributed by atoms with Crippen LogP contribution in [0.2, 0.25) is 0 Å². The van der Waals surface area contributed by atoms with E-state index in [2.05, 4.69) is 15.1 Å². The van der Waals surface area contributed by atoms with Gasteiger partial charge in [-0.3, -0.25) is 4.79 Å². The molecule has 190 valence electrons. The smallest absolute Gasteiger partial charge is 0.435 e. The topological polar surface area (TPSA) is 104 Å². The molecule has 1 N–H and O–H groups in total. The molecule has 0 amide bonds. The number of H-pyrrole nitrogens is 1. The van der Waals surface area contributed by atoms with Gasteiger partial charge in [0.2, 0.25) is 5.89 Å². The zero-order chi connectivity index (χ0) is 25.7. The summed E-state index contributed by atoms with van der Waals surface area (Å²) in [6, 6.07) is 13.0. The quantitative estimate of drug-likeness (QED) is 0.359. The van der Waals surface area contributed by atoms with Crippen molar-refractivity contribution in [1.82, 2.24) is 19.6 Å². The number of nitrogens with one attached hydrogen (secondary N) is 1. The summed E-state index contributed by atoms with van der Waals surface area (Å²) in [5, 5.41) is 3.69. The highest BCUT2D eigenvalue weighted by Gasteiger charge is 2.40. The van der Waals surface area contributed by atoms with E-state index in [4.69, 9.17) is 18.6 Å². The molecular weight excluding hydrogens is 493 g/mol. The largest absolute Gasteiger partial charge is 0.494 e. The van der Waals surface area contributed by atoms with Crippen molar-refractivity contribution < 1.29 is 31.8 Å². The van der Waals surface area contributed by atoms with E-state index in [1.807, 2.05) is 0 Å². The Balaban J connectivity index is 1.63. The number of halogens is 3. The average molecular weight is 512 g/mol. The van der Waals surface area contributed by atoms with Gasteiger partial charge in [-0.25, -0.2) is 4.98 Å². The molecule has 1 aliphatic rings. The van der Waals surface area contributed by atoms with Crippen LogP contribution in [0, 0.1) is 0 Å². The molecule has 0 unspecified atom stereocenters. The maximum Gasteiger partial charge on any atom is 0.435 e. The number of aromatic amines is 1. The van der Waals surface area contributed by atoms with E-state index in [-0.39, 0.29) is 46.6 Å². The third kappa shape index (κ3) is 3.94. The first kappa shape index (κ1) is 23.3. The number of aromatic nitrogens is 4. The monoisotopic (exact) mass is 512 g/mol. The lowest BCUT2D eigenvalue weighted by Crippen LogP contribution is -2.36. The number of alkyl halides is 3. The number of hydrogen-bond donors (Lipinski definition) is 1. The van der Waals surface area contributed by atoms with E-state index in [0.717, 1.165) is 0 Å². The van der Waals surface area contributed by atoms with E-state index in [1.165, 1.54) is 19.2 Å². The maximum absolute atomic E-state index is 14.1. The predicted molar refractivity (Wildman–Crippen MR) is 125 cm³/mol. The van der Waals surface area contributed by atoms with Crippen LogP contribution in [-0.4, -0.2) is 46.0 Å². The number of rotatable bonds is 6. The number of nitrogens with zero attached hydrogens (tertiary/aromatic N) is 3. The van der Waals surface area contributed by atoms with Gasteiger partial charge in [-0.2, -0.15) is 22.8 Å². The Morgan fingerprint density at radius 3 is 2.57 bits per heavy atom. The summed E-state index contributed by atoms with van der Waals surface area (Å²) in [5.41, 5.74) is -1.34. The molecule has 9 nitrogen and oxygen atoms in total. The molecule has 0 spiro atoms. The first-order valence-corrected chi connectivity index (χ1v) is 11.3. The highest BCUT2D eigenvalue weighted by atomic mass is 19.4. The second-order valence-electron chi connectivity index (χ2n) is 8.43. The first-order chi connectivity index (χ1) is 17.8. The van der Waals surface area contributed by atoms with Crippen molar-refractivity contribution >= 4 is 16.7 Å². The second-order valence-corrected chi connectivity index (χ2v) is 8.43. The Hall–Kier alpha value is -4.16. The van der Waals surface area contributed by atoms with Gasteiger partial charge in [0, 0.05) is 0 Å². The van der Waals surface area contributed by atoms with Crippen molar-refractivity contribution in [3.8, 4) is 28.3 Å². The summed E-state index contributed by atoms with van der Waals surface area (Å²) in [6.07, 6.45) is -5.02. The number of methoxy groups -OCH3 is 1. The summed E-state index contributed by atoms with van der Waals surface area (Å²) >= 11 is 0. The molecule has 3 aromatic heterocycles. The van der Waals surface area contributed by atoms with Crippen molar-refractivity contribution in [3.05, 3.63) is 70.3 Å². The summed E-state index contributed by atoms with van der Waals surface area (Å²) in [6.45, 7) is 0.635. The van der Waals surface area contributed by atoms with E-state index in [9.17, 15) is 18.0 Å². The number of oxazole rings is 1. The van der Waals surface area contributed by atoms with Crippen molar-refractivity contribution in [2.75, 3.05) is 20.3 Å². The fourth-order valence-corrected chi connectivity index (χ4v) is 4.23. The average Bonchev–Trinajstić information content (AvgIpc) is 3.45. The highest BCUT2D eigenvalue weighted by molar-refractivity contribution is 5.84. The van der Waals surface area contributed by atoms with E-state index in [1.54, 1.807) is 36.4 Å². The summed E-state index contributed by atoms with van der Waals surface area (Å²) < 4.78 is 65.1. The Bertz CT molecular complexity index is 1670. The Kier molecular flexibility index (Phi) is 5.50. The van der Waals surface area contributed by atoms with Gasteiger partial charge in [0.05, 0.1) is 38.2 Å². The second kappa shape index (κ2) is 8.75. The standard InChI is InChI=1S/C25H19F3N4O5/c1-34-16-8-5-9-17-20(16)30-23(37-17)19-15(12-36-14-10-35-11-14)29-22-18(13-6-3-2-4-7-13)21(25(26,27)28)31-32(22)24(19)33/h2-9,14,29H,10-12H2,1H3. The molecule has 12 heteroatoms. The molecule has 1 fully saturated rings. The molecule has 37 heavy (non-hydrogen) atoms. The van der Waals surface area contributed by atoms with Gasteiger partial charge in [0.25, 0.3) is 5.56 Å². The van der Waals surface area contributed by atoms with Gasteiger partial charge < -0.3 is 23.6 Å². The zero-order valence-electron chi connectivity index (χ0n) is 19.3. The molecule has 0 bridgehead atoms. The lowest BCUT2D eigenvalue weighted by molar-refractivity contribution is -0.140. The SMILES string of the molecule is COc1cccc2oc(-c3c(COC4COC4)[nH]c4c(-c5ccccc5)c(C(F)(F)F)nn4c3=O)nc12. The van der Waals surface area contributed by atoms with Crippen LogP contribution >= 0.6 is 0 Å². The minimum atomic E-state index is -4.82.